The van der Waals surface area contributed by atoms with Crippen molar-refractivity contribution >= 4 is 30.0 Å². The van der Waals surface area contributed by atoms with E-state index in [1.165, 1.54) is 12.1 Å². The molecule has 142 valence electrons. The minimum absolute atomic E-state index is 0.156. The van der Waals surface area contributed by atoms with Crippen LogP contribution in [-0.4, -0.2) is 50.1 Å². The Labute approximate surface area is 160 Å². The van der Waals surface area contributed by atoms with Crippen molar-refractivity contribution in [2.24, 2.45) is 0 Å². The van der Waals surface area contributed by atoms with Gasteiger partial charge in [0.2, 0.25) is 0 Å². The van der Waals surface area contributed by atoms with E-state index in [2.05, 4.69) is 4.90 Å². The van der Waals surface area contributed by atoms with Crippen molar-refractivity contribution in [3.63, 3.8) is 0 Å². The van der Waals surface area contributed by atoms with E-state index in [1.807, 2.05) is 33.7 Å². The molecule has 0 unspecified atom stereocenters. The molecule has 1 saturated heterocycles. The number of nitrogens with zero attached hydrogens (tertiary/aromatic N) is 3. The van der Waals surface area contributed by atoms with Gasteiger partial charge in [0.05, 0.1) is 0 Å². The molecule has 1 aromatic heterocycles. The zero-order valence-electron chi connectivity index (χ0n) is 14.4. The molecule has 1 aliphatic rings. The van der Waals surface area contributed by atoms with Gasteiger partial charge in [0.1, 0.15) is 0 Å². The van der Waals surface area contributed by atoms with Gasteiger partial charge in [0.25, 0.3) is 0 Å². The molecule has 27 heavy (non-hydrogen) atoms. The van der Waals surface area contributed by atoms with Crippen molar-refractivity contribution in [1.29, 1.82) is 0 Å². The minimum atomic E-state index is -4.33. The quantitative estimate of drug-likeness (QED) is 0.587. The van der Waals surface area contributed by atoms with E-state index in [-0.39, 0.29) is 18.9 Å². The summed E-state index contributed by atoms with van der Waals surface area (Å²) in [4.78, 5) is 16.5. The number of para-hydroxylation sites is 1. The number of alkyl halides is 3. The Morgan fingerprint density at radius 1 is 0.963 bits per heavy atom. The molecule has 0 atom stereocenters. The fourth-order valence-corrected chi connectivity index (χ4v) is 5.23. The maximum absolute atomic E-state index is 12.9. The van der Waals surface area contributed by atoms with E-state index in [0.717, 1.165) is 15.8 Å². The summed E-state index contributed by atoms with van der Waals surface area (Å²) in [6, 6.07) is 13.3. The van der Waals surface area contributed by atoms with Crippen LogP contribution in [0.4, 0.5) is 18.9 Å². The Bertz CT molecular complexity index is 1000. The normalized spacial score (nSPS) is 16.2. The molecule has 0 amide bonds. The van der Waals surface area contributed by atoms with Crippen LogP contribution in [0.15, 0.2) is 53.3 Å². The van der Waals surface area contributed by atoms with Gasteiger partial charge in [-0.2, -0.15) is 0 Å². The predicted molar refractivity (Wildman–Crippen MR) is 100 cm³/mol. The summed E-state index contributed by atoms with van der Waals surface area (Å²) in [6.07, 6.45) is -4.33. The van der Waals surface area contributed by atoms with Gasteiger partial charge in [-0.3, -0.25) is 0 Å². The van der Waals surface area contributed by atoms with Gasteiger partial charge in [-0.25, -0.2) is 0 Å². The fourth-order valence-electron chi connectivity index (χ4n) is 3.37. The number of hydrogen-bond donors (Lipinski definition) is 0. The van der Waals surface area contributed by atoms with Crippen LogP contribution in [0.25, 0.3) is 9.78 Å². The average Bonchev–Trinajstić information content (AvgIpc) is 2.97. The van der Waals surface area contributed by atoms with Crippen LogP contribution in [0.2, 0.25) is 0 Å². The van der Waals surface area contributed by atoms with Gasteiger partial charge in [-0.05, 0) is 0 Å². The second-order valence-electron chi connectivity index (χ2n) is 6.56. The van der Waals surface area contributed by atoms with Crippen LogP contribution in [0.1, 0.15) is 5.56 Å². The maximum atomic E-state index is 12.9. The fraction of sp³-hybridized carbons (Fsp3) is 0.316. The molecule has 8 heteroatoms. The first kappa shape index (κ1) is 18.3. The molecule has 3 aromatic rings. The molecule has 0 radical (unpaired) electrons. The van der Waals surface area contributed by atoms with E-state index < -0.39 is 11.7 Å². The summed E-state index contributed by atoms with van der Waals surface area (Å²) in [5, 5.41) is 0. The Morgan fingerprint density at radius 3 is 2.44 bits per heavy atom. The van der Waals surface area contributed by atoms with Crippen LogP contribution >= 0.6 is 0 Å². The summed E-state index contributed by atoms with van der Waals surface area (Å²) in [5.74, 6) is 0. The molecule has 1 aliphatic heterocycles. The number of fused-ring (bicyclic) bond motifs is 1. The van der Waals surface area contributed by atoms with E-state index in [4.69, 9.17) is 0 Å². The third kappa shape index (κ3) is 3.83. The number of halogens is 3. The summed E-state index contributed by atoms with van der Waals surface area (Å²) >= 11 is -0.170. The number of hydrogen-bond acceptors (Lipinski definition) is 3. The Kier molecular flexibility index (Phi) is 4.88. The zero-order valence-corrected chi connectivity index (χ0v) is 16.2. The van der Waals surface area contributed by atoms with Crippen LogP contribution < -0.4 is 9.33 Å². The average molecular weight is 440 g/mol. The second kappa shape index (κ2) is 7.19. The van der Waals surface area contributed by atoms with Gasteiger partial charge in [0.15, 0.2) is 0 Å². The molecular weight excluding hydrogens is 422 g/mol. The SMILES string of the molecule is O=c1[se]c2ccccc2n1CN1CCN(c2cccc(C(F)(F)F)c2)CC1. The number of piperazine rings is 1. The molecule has 0 N–H and O–H groups in total. The first-order chi connectivity index (χ1) is 12.9. The van der Waals surface area contributed by atoms with Crippen molar-refractivity contribution < 1.29 is 13.2 Å². The number of aromatic nitrogens is 1. The summed E-state index contributed by atoms with van der Waals surface area (Å²) < 4.78 is 41.9. The zero-order chi connectivity index (χ0) is 19.0. The molecule has 0 spiro atoms. The molecule has 0 saturated carbocycles. The molecule has 4 nitrogen and oxygen atoms in total. The van der Waals surface area contributed by atoms with E-state index in [1.54, 1.807) is 6.07 Å². The molecule has 2 aromatic carbocycles. The number of anilines is 1. The molecule has 4 rings (SSSR count). The molecule has 1 fully saturated rings. The summed E-state index contributed by atoms with van der Waals surface area (Å²) in [5.41, 5.74) is 0.960. The van der Waals surface area contributed by atoms with Crippen LogP contribution in [0.5, 0.6) is 0 Å². The topological polar surface area (TPSA) is 28.5 Å². The van der Waals surface area contributed by atoms with E-state index in [0.29, 0.717) is 38.5 Å². The van der Waals surface area contributed by atoms with Gasteiger partial charge >= 0.3 is 160 Å². The van der Waals surface area contributed by atoms with Crippen molar-refractivity contribution in [2.75, 3.05) is 31.1 Å². The van der Waals surface area contributed by atoms with Gasteiger partial charge in [-0.1, -0.05) is 0 Å². The second-order valence-corrected chi connectivity index (χ2v) is 8.64. The van der Waals surface area contributed by atoms with Crippen molar-refractivity contribution in [2.45, 2.75) is 12.8 Å². The molecule has 0 bridgehead atoms. The molecular formula is C19H18F3N3OSe. The van der Waals surface area contributed by atoms with Crippen molar-refractivity contribution in [3.8, 4) is 0 Å². The Balaban J connectivity index is 1.45. The van der Waals surface area contributed by atoms with Gasteiger partial charge in [0, 0.05) is 0 Å². The third-order valence-electron chi connectivity index (χ3n) is 4.83. The molecule has 0 aliphatic carbocycles. The van der Waals surface area contributed by atoms with Crippen LogP contribution in [0, 0.1) is 0 Å². The first-order valence-electron chi connectivity index (χ1n) is 8.65. The molecule has 2 heterocycles. The van der Waals surface area contributed by atoms with Crippen molar-refractivity contribution in [1.82, 2.24) is 9.47 Å². The van der Waals surface area contributed by atoms with Crippen molar-refractivity contribution in [3.05, 3.63) is 63.3 Å². The number of benzene rings is 2. The third-order valence-corrected chi connectivity index (χ3v) is 6.84. The van der Waals surface area contributed by atoms with Crippen LogP contribution in [-0.2, 0) is 12.8 Å². The first-order valence-corrected chi connectivity index (χ1v) is 10.4. The van der Waals surface area contributed by atoms with Crippen LogP contribution in [0.3, 0.4) is 0 Å². The summed E-state index contributed by atoms with van der Waals surface area (Å²) in [6.45, 7) is 3.21. The monoisotopic (exact) mass is 441 g/mol. The summed E-state index contributed by atoms with van der Waals surface area (Å²) in [7, 11) is 0. The Hall–Kier alpha value is -2.02. The van der Waals surface area contributed by atoms with E-state index >= 15 is 0 Å². The Morgan fingerprint density at radius 2 is 1.70 bits per heavy atom. The van der Waals surface area contributed by atoms with E-state index in [9.17, 15) is 18.0 Å². The predicted octanol–water partition coefficient (Wildman–Crippen LogP) is 2.86. The standard InChI is InChI=1S/C19H18F3N3OSe/c20-19(21,22)14-4-3-5-15(12-14)24-10-8-23(9-11-24)13-25-16-6-1-2-7-17(16)27-18(25)26/h1-7,12H,8-11,13H2. The van der Waals surface area contributed by atoms with Gasteiger partial charge in [-0.15, -0.1) is 0 Å². The number of rotatable bonds is 3. The van der Waals surface area contributed by atoms with Gasteiger partial charge < -0.3 is 0 Å².